The van der Waals surface area contributed by atoms with Crippen molar-refractivity contribution < 1.29 is 19.1 Å². The molecule has 2 rings (SSSR count). The van der Waals surface area contributed by atoms with Gasteiger partial charge in [-0.15, -0.1) is 11.8 Å². The number of rotatable bonds is 7. The largest absolute Gasteiger partial charge is 0.478 e. The molecule has 2 N–H and O–H groups in total. The Balaban J connectivity index is 1.75. The molecule has 122 valence electrons. The van der Waals surface area contributed by atoms with Crippen LogP contribution < -0.4 is 5.32 Å². The zero-order valence-electron chi connectivity index (χ0n) is 13.1. The first-order valence-electron chi connectivity index (χ1n) is 7.18. The SMILES string of the molecule is Cc1cccc(CSCC(=O)NCc2cc(C(=O)O)c(C)o2)c1. The minimum Gasteiger partial charge on any atom is -0.478 e. The van der Waals surface area contributed by atoms with Gasteiger partial charge in [-0.1, -0.05) is 29.8 Å². The van der Waals surface area contributed by atoms with Gasteiger partial charge >= 0.3 is 5.97 Å². The molecule has 0 aliphatic rings. The highest BCUT2D eigenvalue weighted by molar-refractivity contribution is 7.99. The number of aromatic carboxylic acids is 1. The Labute approximate surface area is 139 Å². The third-order valence-electron chi connectivity index (χ3n) is 3.24. The summed E-state index contributed by atoms with van der Waals surface area (Å²) < 4.78 is 5.31. The van der Waals surface area contributed by atoms with Crippen molar-refractivity contribution in [3.05, 3.63) is 58.5 Å². The van der Waals surface area contributed by atoms with Crippen LogP contribution in [0.3, 0.4) is 0 Å². The molecule has 0 radical (unpaired) electrons. The normalized spacial score (nSPS) is 10.5. The van der Waals surface area contributed by atoms with Crippen molar-refractivity contribution in [2.75, 3.05) is 5.75 Å². The van der Waals surface area contributed by atoms with Gasteiger partial charge in [0.25, 0.3) is 0 Å². The number of aryl methyl sites for hydroxylation is 2. The molecule has 1 aromatic carbocycles. The van der Waals surface area contributed by atoms with E-state index in [9.17, 15) is 9.59 Å². The number of carbonyl (C=O) groups is 2. The minimum absolute atomic E-state index is 0.103. The molecule has 0 spiro atoms. The lowest BCUT2D eigenvalue weighted by atomic mass is 10.2. The maximum atomic E-state index is 11.8. The summed E-state index contributed by atoms with van der Waals surface area (Å²) in [6, 6.07) is 9.63. The first-order valence-corrected chi connectivity index (χ1v) is 8.34. The van der Waals surface area contributed by atoms with E-state index in [0.29, 0.717) is 17.3 Å². The van der Waals surface area contributed by atoms with E-state index in [0.717, 1.165) is 5.75 Å². The van der Waals surface area contributed by atoms with Gasteiger partial charge in [0.15, 0.2) is 0 Å². The van der Waals surface area contributed by atoms with Crippen LogP contribution in [0.25, 0.3) is 0 Å². The highest BCUT2D eigenvalue weighted by Crippen LogP contribution is 2.15. The molecule has 6 heteroatoms. The standard InChI is InChI=1S/C17H19NO4S/c1-11-4-3-5-13(6-11)9-23-10-16(19)18-8-14-7-15(17(20)21)12(2)22-14/h3-7H,8-10H2,1-2H3,(H,18,19)(H,20,21). The third kappa shape index (κ3) is 5.17. The van der Waals surface area contributed by atoms with E-state index in [2.05, 4.69) is 11.4 Å². The van der Waals surface area contributed by atoms with E-state index in [1.807, 2.05) is 25.1 Å². The van der Waals surface area contributed by atoms with E-state index < -0.39 is 5.97 Å². The Kier molecular flexibility index (Phi) is 5.87. The molecule has 5 nitrogen and oxygen atoms in total. The Morgan fingerprint density at radius 3 is 2.70 bits per heavy atom. The number of thioether (sulfide) groups is 1. The predicted molar refractivity (Wildman–Crippen MR) is 89.6 cm³/mol. The number of carbonyl (C=O) groups excluding carboxylic acids is 1. The van der Waals surface area contributed by atoms with Gasteiger partial charge in [0.1, 0.15) is 17.1 Å². The molecular formula is C17H19NO4S. The average Bonchev–Trinajstić information content (AvgIpc) is 2.86. The second-order valence-corrected chi connectivity index (χ2v) is 6.23. The molecule has 0 aliphatic heterocycles. The molecule has 2 aromatic rings. The van der Waals surface area contributed by atoms with Crippen LogP contribution in [0.4, 0.5) is 0 Å². The summed E-state index contributed by atoms with van der Waals surface area (Å²) >= 11 is 1.53. The summed E-state index contributed by atoms with van der Waals surface area (Å²) in [5.74, 6) is 0.774. The molecule has 0 unspecified atom stereocenters. The van der Waals surface area contributed by atoms with Crippen molar-refractivity contribution in [3.8, 4) is 0 Å². The van der Waals surface area contributed by atoms with Gasteiger partial charge < -0.3 is 14.8 Å². The second-order valence-electron chi connectivity index (χ2n) is 5.25. The molecule has 1 heterocycles. The third-order valence-corrected chi connectivity index (χ3v) is 4.25. The lowest BCUT2D eigenvalue weighted by Gasteiger charge is -2.04. The van der Waals surface area contributed by atoms with Crippen molar-refractivity contribution in [2.24, 2.45) is 0 Å². The van der Waals surface area contributed by atoms with Gasteiger partial charge in [0.2, 0.25) is 5.91 Å². The fourth-order valence-electron chi connectivity index (χ4n) is 2.14. The summed E-state index contributed by atoms with van der Waals surface area (Å²) in [7, 11) is 0. The monoisotopic (exact) mass is 333 g/mol. The quantitative estimate of drug-likeness (QED) is 0.814. The molecule has 0 atom stereocenters. The average molecular weight is 333 g/mol. The Morgan fingerprint density at radius 2 is 2.04 bits per heavy atom. The maximum absolute atomic E-state index is 11.8. The topological polar surface area (TPSA) is 79.5 Å². The van der Waals surface area contributed by atoms with Crippen LogP contribution in [0.1, 0.15) is 33.0 Å². The predicted octanol–water partition coefficient (Wildman–Crippen LogP) is 3.14. The summed E-state index contributed by atoms with van der Waals surface area (Å²) in [6.07, 6.45) is 0. The fourth-order valence-corrected chi connectivity index (χ4v) is 2.95. The van der Waals surface area contributed by atoms with Crippen LogP contribution >= 0.6 is 11.8 Å². The molecule has 0 fully saturated rings. The molecule has 0 aliphatic carbocycles. The minimum atomic E-state index is -1.03. The molecule has 1 aromatic heterocycles. The van der Waals surface area contributed by atoms with Crippen molar-refractivity contribution >= 4 is 23.6 Å². The van der Waals surface area contributed by atoms with Gasteiger partial charge in [-0.05, 0) is 25.5 Å². The first kappa shape index (κ1) is 17.1. The number of hydrogen-bond acceptors (Lipinski definition) is 4. The van der Waals surface area contributed by atoms with Crippen LogP contribution in [0.2, 0.25) is 0 Å². The number of carboxylic acid groups (broad SMARTS) is 1. The molecule has 0 bridgehead atoms. The van der Waals surface area contributed by atoms with E-state index in [1.165, 1.54) is 29.0 Å². The van der Waals surface area contributed by atoms with Crippen LogP contribution in [0, 0.1) is 13.8 Å². The van der Waals surface area contributed by atoms with E-state index in [4.69, 9.17) is 9.52 Å². The Morgan fingerprint density at radius 1 is 1.26 bits per heavy atom. The lowest BCUT2D eigenvalue weighted by Crippen LogP contribution is -2.24. The van der Waals surface area contributed by atoms with Crippen molar-refractivity contribution in [2.45, 2.75) is 26.1 Å². The molecular weight excluding hydrogens is 314 g/mol. The van der Waals surface area contributed by atoms with E-state index >= 15 is 0 Å². The summed E-state index contributed by atoms with van der Waals surface area (Å²) in [6.45, 7) is 3.82. The van der Waals surface area contributed by atoms with Gasteiger partial charge in [-0.25, -0.2) is 4.79 Å². The van der Waals surface area contributed by atoms with Crippen molar-refractivity contribution in [1.82, 2.24) is 5.32 Å². The van der Waals surface area contributed by atoms with E-state index in [-0.39, 0.29) is 18.0 Å². The number of amides is 1. The van der Waals surface area contributed by atoms with E-state index in [1.54, 1.807) is 6.92 Å². The Bertz CT molecular complexity index is 708. The molecule has 0 saturated carbocycles. The molecule has 23 heavy (non-hydrogen) atoms. The molecule has 1 amide bonds. The summed E-state index contributed by atoms with van der Waals surface area (Å²) in [5.41, 5.74) is 2.52. The van der Waals surface area contributed by atoms with Gasteiger partial charge in [0, 0.05) is 5.75 Å². The van der Waals surface area contributed by atoms with Crippen LogP contribution in [-0.4, -0.2) is 22.7 Å². The highest BCUT2D eigenvalue weighted by atomic mass is 32.2. The van der Waals surface area contributed by atoms with Crippen LogP contribution in [0.15, 0.2) is 34.7 Å². The number of nitrogens with one attached hydrogen (secondary N) is 1. The zero-order valence-corrected chi connectivity index (χ0v) is 13.9. The second kappa shape index (κ2) is 7.87. The number of furan rings is 1. The number of carboxylic acids is 1. The number of hydrogen-bond donors (Lipinski definition) is 2. The highest BCUT2D eigenvalue weighted by Gasteiger charge is 2.14. The maximum Gasteiger partial charge on any atom is 0.339 e. The van der Waals surface area contributed by atoms with Gasteiger partial charge in [-0.2, -0.15) is 0 Å². The smallest absolute Gasteiger partial charge is 0.339 e. The van der Waals surface area contributed by atoms with Gasteiger partial charge in [0.05, 0.1) is 12.3 Å². The van der Waals surface area contributed by atoms with Crippen molar-refractivity contribution in [1.29, 1.82) is 0 Å². The van der Waals surface area contributed by atoms with Crippen LogP contribution in [-0.2, 0) is 17.1 Å². The van der Waals surface area contributed by atoms with Crippen LogP contribution in [0.5, 0.6) is 0 Å². The Hall–Kier alpha value is -2.21. The fraction of sp³-hybridized carbons (Fsp3) is 0.294. The lowest BCUT2D eigenvalue weighted by molar-refractivity contribution is -0.118. The van der Waals surface area contributed by atoms with Gasteiger partial charge in [-0.3, -0.25) is 4.79 Å². The first-order chi connectivity index (χ1) is 11.0. The van der Waals surface area contributed by atoms with Crippen molar-refractivity contribution in [3.63, 3.8) is 0 Å². The number of benzene rings is 1. The molecule has 0 saturated heterocycles. The summed E-state index contributed by atoms with van der Waals surface area (Å²) in [4.78, 5) is 22.7. The summed E-state index contributed by atoms with van der Waals surface area (Å²) in [5, 5.41) is 11.7. The zero-order chi connectivity index (χ0) is 16.8.